The van der Waals surface area contributed by atoms with E-state index in [1.54, 1.807) is 6.07 Å². The third-order valence-corrected chi connectivity index (χ3v) is 6.70. The van der Waals surface area contributed by atoms with Gasteiger partial charge in [0.05, 0.1) is 12.0 Å². The summed E-state index contributed by atoms with van der Waals surface area (Å²) in [6.45, 7) is 0.352. The van der Waals surface area contributed by atoms with Crippen LogP contribution >= 0.6 is 11.6 Å². The second-order valence-electron chi connectivity index (χ2n) is 6.42. The second kappa shape index (κ2) is 8.46. The summed E-state index contributed by atoms with van der Waals surface area (Å²) in [6, 6.07) is 9.07. The maximum absolute atomic E-state index is 14.1. The van der Waals surface area contributed by atoms with Crippen LogP contribution in [0.2, 0.25) is 5.02 Å². The molecule has 1 atom stereocenters. The van der Waals surface area contributed by atoms with Crippen LogP contribution in [0.5, 0.6) is 5.75 Å². The minimum Gasteiger partial charge on any atom is -0.494 e. The van der Waals surface area contributed by atoms with Crippen molar-refractivity contribution in [3.05, 3.63) is 58.9 Å². The van der Waals surface area contributed by atoms with E-state index in [0.717, 1.165) is 4.31 Å². The third-order valence-electron chi connectivity index (χ3n) is 4.58. The molecule has 6 nitrogen and oxygen atoms in total. The first kappa shape index (κ1) is 20.6. The number of ether oxygens (including phenoxy) is 1. The van der Waals surface area contributed by atoms with Crippen LogP contribution in [0, 0.1) is 5.82 Å². The summed E-state index contributed by atoms with van der Waals surface area (Å²) in [5, 5.41) is 3.10. The summed E-state index contributed by atoms with van der Waals surface area (Å²) in [7, 11) is -2.67. The van der Waals surface area contributed by atoms with E-state index in [1.807, 2.05) is 0 Å². The van der Waals surface area contributed by atoms with Crippen LogP contribution in [-0.2, 0) is 21.4 Å². The van der Waals surface area contributed by atoms with Crippen molar-refractivity contribution in [2.75, 3.05) is 13.7 Å². The highest BCUT2D eigenvalue weighted by Crippen LogP contribution is 2.27. The molecule has 1 fully saturated rings. The van der Waals surface area contributed by atoms with Crippen molar-refractivity contribution in [1.82, 2.24) is 9.62 Å². The number of sulfonamides is 1. The van der Waals surface area contributed by atoms with Crippen LogP contribution in [0.25, 0.3) is 0 Å². The first-order chi connectivity index (χ1) is 13.3. The number of methoxy groups -OCH3 is 1. The Morgan fingerprint density at radius 3 is 2.57 bits per heavy atom. The molecule has 0 saturated carbocycles. The maximum atomic E-state index is 14.1. The number of hydrogen-bond donors (Lipinski definition) is 1. The molecule has 1 amide bonds. The molecule has 28 heavy (non-hydrogen) atoms. The van der Waals surface area contributed by atoms with Crippen molar-refractivity contribution in [2.45, 2.75) is 30.3 Å². The van der Waals surface area contributed by atoms with Gasteiger partial charge in [-0.2, -0.15) is 4.31 Å². The number of nitrogens with one attached hydrogen (secondary N) is 1. The number of rotatable bonds is 6. The van der Waals surface area contributed by atoms with Gasteiger partial charge in [0.1, 0.15) is 6.04 Å². The van der Waals surface area contributed by atoms with Crippen molar-refractivity contribution >= 4 is 27.5 Å². The lowest BCUT2D eigenvalue weighted by Gasteiger charge is -2.32. The van der Waals surface area contributed by atoms with Crippen molar-refractivity contribution < 1.29 is 22.3 Å². The van der Waals surface area contributed by atoms with Crippen molar-refractivity contribution in [3.8, 4) is 5.75 Å². The molecule has 150 valence electrons. The summed E-state index contributed by atoms with van der Waals surface area (Å²) in [5.41, 5.74) is 0.411. The zero-order valence-electron chi connectivity index (χ0n) is 15.2. The molecule has 1 aliphatic heterocycles. The fraction of sp³-hybridized carbons (Fsp3) is 0.316. The van der Waals surface area contributed by atoms with Gasteiger partial charge in [0.25, 0.3) is 0 Å². The molecule has 2 aromatic rings. The largest absolute Gasteiger partial charge is 0.494 e. The smallest absolute Gasteiger partial charge is 0.244 e. The van der Waals surface area contributed by atoms with E-state index in [4.69, 9.17) is 16.3 Å². The average molecular weight is 427 g/mol. The molecular formula is C19H20ClFN2O4S. The molecule has 1 aliphatic rings. The van der Waals surface area contributed by atoms with Gasteiger partial charge < -0.3 is 10.1 Å². The number of hydrogen-bond acceptors (Lipinski definition) is 4. The minimum absolute atomic E-state index is 0.0178. The van der Waals surface area contributed by atoms with Crippen LogP contribution in [-0.4, -0.2) is 38.3 Å². The highest BCUT2D eigenvalue weighted by Gasteiger charge is 2.37. The molecule has 9 heteroatoms. The van der Waals surface area contributed by atoms with Gasteiger partial charge in [-0.15, -0.1) is 0 Å². The van der Waals surface area contributed by atoms with Gasteiger partial charge in [-0.1, -0.05) is 17.7 Å². The van der Waals surface area contributed by atoms with Gasteiger partial charge in [0.2, 0.25) is 15.9 Å². The predicted octanol–water partition coefficient (Wildman–Crippen LogP) is 2.96. The van der Waals surface area contributed by atoms with E-state index in [0.29, 0.717) is 30.0 Å². The fourth-order valence-electron chi connectivity index (χ4n) is 3.12. The number of carbonyl (C=O) groups is 1. The van der Waals surface area contributed by atoms with Crippen LogP contribution in [0.15, 0.2) is 47.4 Å². The molecule has 1 N–H and O–H groups in total. The Kier molecular flexibility index (Phi) is 6.22. The molecule has 0 spiro atoms. The second-order valence-corrected chi connectivity index (χ2v) is 8.75. The molecule has 0 bridgehead atoms. The Hall–Kier alpha value is -2.16. The number of halogens is 2. The lowest BCUT2D eigenvalue weighted by molar-refractivity contribution is -0.126. The summed E-state index contributed by atoms with van der Waals surface area (Å²) in [4.78, 5) is 12.4. The maximum Gasteiger partial charge on any atom is 0.244 e. The van der Waals surface area contributed by atoms with Gasteiger partial charge in [-0.25, -0.2) is 12.8 Å². The summed E-state index contributed by atoms with van der Waals surface area (Å²) in [5.74, 6) is -0.902. The molecule has 2 aromatic carbocycles. The van der Waals surface area contributed by atoms with Gasteiger partial charge in [0, 0.05) is 18.1 Å². The Bertz CT molecular complexity index is 966. The first-order valence-electron chi connectivity index (χ1n) is 8.70. The predicted molar refractivity (Wildman–Crippen MR) is 103 cm³/mol. The van der Waals surface area contributed by atoms with Gasteiger partial charge in [-0.3, -0.25) is 4.79 Å². The van der Waals surface area contributed by atoms with Gasteiger partial charge in [-0.05, 0) is 54.8 Å². The fourth-order valence-corrected chi connectivity index (χ4v) is 4.86. The zero-order valence-corrected chi connectivity index (χ0v) is 16.8. The van der Waals surface area contributed by atoms with Crippen molar-refractivity contribution in [1.29, 1.82) is 0 Å². The Balaban J connectivity index is 2.00. The van der Waals surface area contributed by atoms with E-state index in [1.165, 1.54) is 43.5 Å². The number of piperidine rings is 1. The lowest BCUT2D eigenvalue weighted by atomic mass is 10.1. The molecule has 3 rings (SSSR count). The van der Waals surface area contributed by atoms with Gasteiger partial charge >= 0.3 is 0 Å². The quantitative estimate of drug-likeness (QED) is 0.770. The summed E-state index contributed by atoms with van der Waals surface area (Å²) < 4.78 is 46.7. The van der Waals surface area contributed by atoms with E-state index in [2.05, 4.69) is 5.32 Å². The van der Waals surface area contributed by atoms with E-state index < -0.39 is 21.9 Å². The van der Waals surface area contributed by atoms with E-state index >= 15 is 0 Å². The van der Waals surface area contributed by atoms with Crippen LogP contribution in [0.1, 0.15) is 18.4 Å². The summed E-state index contributed by atoms with van der Waals surface area (Å²) >= 11 is 5.86. The number of nitrogens with zero attached hydrogens (tertiary/aromatic N) is 1. The Labute approximate surface area is 168 Å². The van der Waals surface area contributed by atoms with Crippen molar-refractivity contribution in [2.24, 2.45) is 0 Å². The Morgan fingerprint density at radius 2 is 1.96 bits per heavy atom. The van der Waals surface area contributed by atoms with Crippen molar-refractivity contribution in [3.63, 3.8) is 0 Å². The van der Waals surface area contributed by atoms with Crippen LogP contribution < -0.4 is 10.1 Å². The number of carbonyl (C=O) groups excluding carboxylic acids is 1. The average Bonchev–Trinajstić information content (AvgIpc) is 2.67. The number of benzene rings is 2. The standard InChI is InChI=1S/C19H20ClFN2O4S/c1-27-18-9-4-13(11-16(18)21)12-23(17-3-2-10-22-19(17)24)28(25,26)15-7-5-14(20)6-8-15/h4-9,11,17H,2-3,10,12H2,1H3,(H,22,24)/t17-/m1/s1. The molecule has 1 heterocycles. The lowest BCUT2D eigenvalue weighted by Crippen LogP contribution is -2.52. The van der Waals surface area contributed by atoms with Crippen LogP contribution in [0.3, 0.4) is 0 Å². The Morgan fingerprint density at radius 1 is 1.25 bits per heavy atom. The SMILES string of the molecule is COc1ccc(CN([C@@H]2CCCNC2=O)S(=O)(=O)c2ccc(Cl)cc2)cc1F. The normalized spacial score (nSPS) is 17.4. The topological polar surface area (TPSA) is 75.7 Å². The molecule has 0 aliphatic carbocycles. The molecular weight excluding hydrogens is 407 g/mol. The molecule has 0 unspecified atom stereocenters. The number of amides is 1. The monoisotopic (exact) mass is 426 g/mol. The molecule has 0 aromatic heterocycles. The molecule has 0 radical (unpaired) electrons. The highest BCUT2D eigenvalue weighted by molar-refractivity contribution is 7.89. The highest BCUT2D eigenvalue weighted by atomic mass is 35.5. The summed E-state index contributed by atoms with van der Waals surface area (Å²) in [6.07, 6.45) is 1.04. The molecule has 1 saturated heterocycles. The van der Waals surface area contributed by atoms with E-state index in [-0.39, 0.29) is 23.1 Å². The van der Waals surface area contributed by atoms with Gasteiger partial charge in [0.15, 0.2) is 11.6 Å². The van der Waals surface area contributed by atoms with Crippen LogP contribution in [0.4, 0.5) is 4.39 Å². The minimum atomic E-state index is -4.02. The van der Waals surface area contributed by atoms with E-state index in [9.17, 15) is 17.6 Å². The third kappa shape index (κ3) is 4.29. The zero-order chi connectivity index (χ0) is 20.3. The first-order valence-corrected chi connectivity index (χ1v) is 10.5.